The van der Waals surface area contributed by atoms with E-state index in [0.717, 1.165) is 16.2 Å². The number of hydrogen-bond donors (Lipinski definition) is 1. The molecule has 0 aromatic heterocycles. The fraction of sp³-hybridized carbons (Fsp3) is 0.200. The van der Waals surface area contributed by atoms with Crippen LogP contribution in [0.1, 0.15) is 17.5 Å². The van der Waals surface area contributed by atoms with Crippen molar-refractivity contribution in [3.8, 4) is 0 Å². The van der Waals surface area contributed by atoms with Crippen molar-refractivity contribution in [3.63, 3.8) is 0 Å². The molecular weight excluding hydrogens is 272 g/mol. The highest BCUT2D eigenvalue weighted by molar-refractivity contribution is 7.99. The smallest absolute Gasteiger partial charge is 0.292 e. The summed E-state index contributed by atoms with van der Waals surface area (Å²) in [7, 11) is 0. The molecule has 0 radical (unpaired) electrons. The Morgan fingerprint density at radius 2 is 1.75 bits per heavy atom. The van der Waals surface area contributed by atoms with Crippen LogP contribution in [0.25, 0.3) is 0 Å². The number of anilines is 1. The molecule has 0 spiro atoms. The Hall–Kier alpha value is -2.01. The predicted molar refractivity (Wildman–Crippen MR) is 80.1 cm³/mol. The van der Waals surface area contributed by atoms with Crippen molar-refractivity contribution in [3.05, 3.63) is 57.6 Å². The number of nitrogen functional groups attached to an aromatic ring is 1. The van der Waals surface area contributed by atoms with Gasteiger partial charge in [-0.05, 0) is 54.7 Å². The van der Waals surface area contributed by atoms with Crippen molar-refractivity contribution in [2.45, 2.75) is 29.1 Å². The summed E-state index contributed by atoms with van der Waals surface area (Å²) in [5.74, 6) is 0. The lowest BCUT2D eigenvalue weighted by atomic mass is 10.1. The zero-order valence-corrected chi connectivity index (χ0v) is 11.7. The van der Waals surface area contributed by atoms with Gasteiger partial charge in [0.1, 0.15) is 5.69 Å². The third kappa shape index (κ3) is 2.49. The number of fused-ring (bicyclic) bond motifs is 1. The van der Waals surface area contributed by atoms with Crippen molar-refractivity contribution in [1.29, 1.82) is 0 Å². The van der Waals surface area contributed by atoms with Gasteiger partial charge in [0.2, 0.25) is 0 Å². The van der Waals surface area contributed by atoms with E-state index >= 15 is 0 Å². The largest absolute Gasteiger partial charge is 0.393 e. The molecule has 0 atom stereocenters. The maximum Gasteiger partial charge on any atom is 0.292 e. The first-order valence-electron chi connectivity index (χ1n) is 6.47. The molecular formula is C15H14N2O2S. The van der Waals surface area contributed by atoms with Gasteiger partial charge in [0.15, 0.2) is 0 Å². The molecule has 4 nitrogen and oxygen atoms in total. The minimum atomic E-state index is -0.459. The molecule has 0 saturated heterocycles. The van der Waals surface area contributed by atoms with E-state index in [1.807, 2.05) is 0 Å². The monoisotopic (exact) mass is 286 g/mol. The van der Waals surface area contributed by atoms with Crippen LogP contribution in [0.4, 0.5) is 11.4 Å². The second kappa shape index (κ2) is 5.17. The summed E-state index contributed by atoms with van der Waals surface area (Å²) < 4.78 is 0. The van der Waals surface area contributed by atoms with Crippen LogP contribution in [0, 0.1) is 10.1 Å². The fourth-order valence-electron chi connectivity index (χ4n) is 2.51. The number of nitrogens with two attached hydrogens (primary N) is 1. The van der Waals surface area contributed by atoms with Gasteiger partial charge in [-0.2, -0.15) is 0 Å². The minimum Gasteiger partial charge on any atom is -0.393 e. The van der Waals surface area contributed by atoms with Crippen LogP contribution in [0.15, 0.2) is 46.2 Å². The van der Waals surface area contributed by atoms with Gasteiger partial charge in [-0.1, -0.05) is 17.8 Å². The van der Waals surface area contributed by atoms with Gasteiger partial charge in [0.25, 0.3) is 5.69 Å². The van der Waals surface area contributed by atoms with E-state index in [1.165, 1.54) is 30.0 Å². The van der Waals surface area contributed by atoms with Gasteiger partial charge < -0.3 is 5.73 Å². The molecule has 1 aliphatic rings. The molecule has 2 N–H and O–H groups in total. The summed E-state index contributed by atoms with van der Waals surface area (Å²) in [4.78, 5) is 12.4. The zero-order valence-electron chi connectivity index (χ0n) is 10.8. The molecule has 2 aromatic rings. The molecule has 0 bridgehead atoms. The third-order valence-electron chi connectivity index (χ3n) is 3.50. The number of benzene rings is 2. The highest BCUT2D eigenvalue weighted by Gasteiger charge is 2.13. The molecule has 2 aromatic carbocycles. The van der Waals surface area contributed by atoms with Crippen molar-refractivity contribution >= 4 is 23.1 Å². The van der Waals surface area contributed by atoms with Crippen LogP contribution in [0.5, 0.6) is 0 Å². The normalized spacial score (nSPS) is 13.2. The molecule has 3 rings (SSSR count). The van der Waals surface area contributed by atoms with E-state index in [9.17, 15) is 10.1 Å². The Labute approximate surface area is 121 Å². The summed E-state index contributed by atoms with van der Waals surface area (Å²) >= 11 is 1.59. The van der Waals surface area contributed by atoms with E-state index in [-0.39, 0.29) is 11.4 Å². The Kier molecular flexibility index (Phi) is 3.36. The fourth-order valence-corrected chi connectivity index (χ4v) is 3.44. The Morgan fingerprint density at radius 3 is 2.50 bits per heavy atom. The molecule has 0 heterocycles. The van der Waals surface area contributed by atoms with E-state index in [4.69, 9.17) is 5.73 Å². The number of nitro benzene ring substituents is 1. The molecule has 0 unspecified atom stereocenters. The second-order valence-electron chi connectivity index (χ2n) is 4.86. The Morgan fingerprint density at radius 1 is 1.05 bits per heavy atom. The van der Waals surface area contributed by atoms with Crippen LogP contribution < -0.4 is 5.73 Å². The van der Waals surface area contributed by atoms with E-state index in [1.54, 1.807) is 23.9 Å². The molecule has 20 heavy (non-hydrogen) atoms. The third-order valence-corrected chi connectivity index (χ3v) is 4.48. The van der Waals surface area contributed by atoms with Crippen LogP contribution >= 0.6 is 11.8 Å². The van der Waals surface area contributed by atoms with Gasteiger partial charge in [-0.3, -0.25) is 10.1 Å². The molecule has 1 aliphatic carbocycles. The maximum atomic E-state index is 10.7. The SMILES string of the molecule is Nc1cc(Sc2ccc3c(c2)CCC3)ccc1[N+](=O)[O-]. The van der Waals surface area contributed by atoms with Crippen molar-refractivity contribution in [1.82, 2.24) is 0 Å². The number of nitro groups is 1. The Bertz CT molecular complexity index is 686. The highest BCUT2D eigenvalue weighted by atomic mass is 32.2. The summed E-state index contributed by atoms with van der Waals surface area (Å²) in [6.45, 7) is 0. The average Bonchev–Trinajstić information content (AvgIpc) is 2.85. The van der Waals surface area contributed by atoms with Crippen LogP contribution in [0.2, 0.25) is 0 Å². The van der Waals surface area contributed by atoms with Crippen molar-refractivity contribution in [2.24, 2.45) is 0 Å². The second-order valence-corrected chi connectivity index (χ2v) is 6.01. The van der Waals surface area contributed by atoms with E-state index in [0.29, 0.717) is 0 Å². The first-order valence-corrected chi connectivity index (χ1v) is 7.29. The van der Waals surface area contributed by atoms with E-state index in [2.05, 4.69) is 18.2 Å². The zero-order chi connectivity index (χ0) is 14.1. The van der Waals surface area contributed by atoms with Crippen LogP contribution in [0.3, 0.4) is 0 Å². The number of nitrogens with zero attached hydrogens (tertiary/aromatic N) is 1. The maximum absolute atomic E-state index is 10.7. The van der Waals surface area contributed by atoms with Crippen molar-refractivity contribution in [2.75, 3.05) is 5.73 Å². The summed E-state index contributed by atoms with van der Waals surface area (Å²) in [5, 5.41) is 10.7. The lowest BCUT2D eigenvalue weighted by Gasteiger charge is -2.06. The predicted octanol–water partition coefficient (Wildman–Crippen LogP) is 3.82. The van der Waals surface area contributed by atoms with Gasteiger partial charge in [-0.15, -0.1) is 0 Å². The minimum absolute atomic E-state index is 0.0386. The standard InChI is InChI=1S/C15H14N2O2S/c16-14-9-13(6-7-15(14)17(18)19)20-12-5-4-10-2-1-3-11(10)8-12/h4-9H,1-3,16H2. The van der Waals surface area contributed by atoms with Crippen LogP contribution in [-0.2, 0) is 12.8 Å². The van der Waals surface area contributed by atoms with Gasteiger partial charge in [0, 0.05) is 15.9 Å². The molecule has 0 saturated carbocycles. The molecule has 0 aliphatic heterocycles. The topological polar surface area (TPSA) is 69.2 Å². The molecule has 0 fully saturated rings. The number of hydrogen-bond acceptors (Lipinski definition) is 4. The van der Waals surface area contributed by atoms with Gasteiger partial charge in [-0.25, -0.2) is 0 Å². The quantitative estimate of drug-likeness (QED) is 0.529. The molecule has 5 heteroatoms. The molecule has 0 amide bonds. The summed E-state index contributed by atoms with van der Waals surface area (Å²) in [6.07, 6.45) is 3.55. The Balaban J connectivity index is 1.84. The van der Waals surface area contributed by atoms with Gasteiger partial charge in [0.05, 0.1) is 4.92 Å². The highest BCUT2D eigenvalue weighted by Crippen LogP contribution is 2.34. The first-order chi connectivity index (χ1) is 9.63. The van der Waals surface area contributed by atoms with Crippen LogP contribution in [-0.4, -0.2) is 4.92 Å². The summed E-state index contributed by atoms with van der Waals surface area (Å²) in [5.41, 5.74) is 8.75. The lowest BCUT2D eigenvalue weighted by Crippen LogP contribution is -1.95. The average molecular weight is 286 g/mol. The van der Waals surface area contributed by atoms with Gasteiger partial charge >= 0.3 is 0 Å². The van der Waals surface area contributed by atoms with Crippen molar-refractivity contribution < 1.29 is 4.92 Å². The number of rotatable bonds is 3. The van der Waals surface area contributed by atoms with E-state index < -0.39 is 4.92 Å². The number of aryl methyl sites for hydroxylation is 2. The lowest BCUT2D eigenvalue weighted by molar-refractivity contribution is -0.383. The molecule has 102 valence electrons. The summed E-state index contributed by atoms with van der Waals surface area (Å²) in [6, 6.07) is 11.4. The first kappa shape index (κ1) is 13.0.